The number of amides is 1. The second-order valence-electron chi connectivity index (χ2n) is 6.34. The molecule has 0 spiro atoms. The van der Waals surface area contributed by atoms with Gasteiger partial charge in [-0.25, -0.2) is 4.68 Å². The Bertz CT molecular complexity index is 657. The van der Waals surface area contributed by atoms with Crippen LogP contribution in [-0.2, 0) is 0 Å². The molecule has 0 bridgehead atoms. The number of benzene rings is 1. The lowest BCUT2D eigenvalue weighted by Gasteiger charge is -2.05. The lowest BCUT2D eigenvalue weighted by molar-refractivity contribution is 0.0945. The topological polar surface area (TPSA) is 72.9 Å². The van der Waals surface area contributed by atoms with Crippen LogP contribution in [0.15, 0.2) is 36.5 Å². The number of hydrogen-bond donors (Lipinski definition) is 2. The van der Waals surface area contributed by atoms with E-state index in [-0.39, 0.29) is 5.91 Å². The van der Waals surface area contributed by atoms with Crippen molar-refractivity contribution in [3.63, 3.8) is 0 Å². The Morgan fingerprint density at radius 3 is 2.67 bits per heavy atom. The molecule has 0 radical (unpaired) electrons. The van der Waals surface area contributed by atoms with Gasteiger partial charge in [0.1, 0.15) is 0 Å². The smallest absolute Gasteiger partial charge is 0.271 e. The minimum Gasteiger partial charge on any atom is -0.399 e. The van der Waals surface area contributed by atoms with Gasteiger partial charge in [0.05, 0.1) is 5.69 Å². The van der Waals surface area contributed by atoms with E-state index in [1.807, 2.05) is 24.3 Å². The number of aromatic nitrogens is 2. The standard InChI is InChI=1S/C16H20N4O/c1-16(2)9-11(16)10-18-15(21)14-7-8-20(19-14)13-5-3-12(17)4-6-13/h3-8,11H,9-10,17H2,1-2H3,(H,18,21). The predicted octanol–water partition coefficient (Wildman–Crippen LogP) is 2.23. The first kappa shape index (κ1) is 13.7. The van der Waals surface area contributed by atoms with E-state index in [2.05, 4.69) is 24.3 Å². The van der Waals surface area contributed by atoms with Crippen molar-refractivity contribution < 1.29 is 4.79 Å². The van der Waals surface area contributed by atoms with Crippen molar-refractivity contribution in [1.29, 1.82) is 0 Å². The molecule has 2 aromatic rings. The molecule has 0 saturated heterocycles. The van der Waals surface area contributed by atoms with Crippen molar-refractivity contribution in [3.8, 4) is 5.69 Å². The van der Waals surface area contributed by atoms with Gasteiger partial charge in [-0.3, -0.25) is 4.79 Å². The number of nitrogen functional groups attached to an aromatic ring is 1. The number of hydrogen-bond acceptors (Lipinski definition) is 3. The van der Waals surface area contributed by atoms with Crippen molar-refractivity contribution >= 4 is 11.6 Å². The highest BCUT2D eigenvalue weighted by molar-refractivity contribution is 5.92. The van der Waals surface area contributed by atoms with E-state index in [9.17, 15) is 4.79 Å². The van der Waals surface area contributed by atoms with Crippen LogP contribution in [0.5, 0.6) is 0 Å². The van der Waals surface area contributed by atoms with Crippen LogP contribution in [0.2, 0.25) is 0 Å². The third-order valence-corrected chi connectivity index (χ3v) is 4.21. The molecule has 1 aromatic carbocycles. The van der Waals surface area contributed by atoms with E-state index in [0.717, 1.165) is 12.2 Å². The van der Waals surface area contributed by atoms with Crippen molar-refractivity contribution in [2.24, 2.45) is 11.3 Å². The summed E-state index contributed by atoms with van der Waals surface area (Å²) in [5.74, 6) is 0.465. The van der Waals surface area contributed by atoms with Crippen molar-refractivity contribution in [2.75, 3.05) is 12.3 Å². The van der Waals surface area contributed by atoms with Crippen molar-refractivity contribution in [1.82, 2.24) is 15.1 Å². The fourth-order valence-electron chi connectivity index (χ4n) is 2.45. The van der Waals surface area contributed by atoms with Gasteiger partial charge in [0.2, 0.25) is 0 Å². The number of carbonyl (C=O) groups is 1. The molecule has 3 rings (SSSR count). The molecule has 1 unspecified atom stereocenters. The molecule has 1 saturated carbocycles. The first-order valence-corrected chi connectivity index (χ1v) is 7.15. The van der Waals surface area contributed by atoms with Crippen molar-refractivity contribution in [3.05, 3.63) is 42.2 Å². The molecule has 5 heteroatoms. The van der Waals surface area contributed by atoms with E-state index in [0.29, 0.717) is 22.7 Å². The highest BCUT2D eigenvalue weighted by Gasteiger charge is 2.45. The summed E-state index contributed by atoms with van der Waals surface area (Å²) in [6, 6.07) is 9.09. The first-order chi connectivity index (χ1) is 9.95. The van der Waals surface area contributed by atoms with Gasteiger partial charge >= 0.3 is 0 Å². The van der Waals surface area contributed by atoms with Crippen LogP contribution >= 0.6 is 0 Å². The molecule has 110 valence electrons. The molecule has 1 aliphatic carbocycles. The Morgan fingerprint density at radius 2 is 2.05 bits per heavy atom. The van der Waals surface area contributed by atoms with Crippen LogP contribution in [0, 0.1) is 11.3 Å². The largest absolute Gasteiger partial charge is 0.399 e. The summed E-state index contributed by atoms with van der Waals surface area (Å²) < 4.78 is 1.68. The van der Waals surface area contributed by atoms with Crippen LogP contribution in [0.3, 0.4) is 0 Å². The number of carbonyl (C=O) groups excluding carboxylic acids is 1. The molecule has 21 heavy (non-hydrogen) atoms. The molecule has 1 atom stereocenters. The van der Waals surface area contributed by atoms with Crippen LogP contribution in [0.1, 0.15) is 30.8 Å². The molecular formula is C16H20N4O. The molecule has 1 fully saturated rings. The highest BCUT2D eigenvalue weighted by Crippen LogP contribution is 2.50. The number of rotatable bonds is 4. The number of nitrogens with two attached hydrogens (primary N) is 1. The number of nitrogens with one attached hydrogen (secondary N) is 1. The second-order valence-corrected chi connectivity index (χ2v) is 6.34. The molecule has 1 amide bonds. The second kappa shape index (κ2) is 4.91. The Labute approximate surface area is 124 Å². The highest BCUT2D eigenvalue weighted by atomic mass is 16.1. The van der Waals surface area contributed by atoms with E-state index in [1.165, 1.54) is 6.42 Å². The van der Waals surface area contributed by atoms with Gasteiger partial charge in [-0.05, 0) is 48.1 Å². The maximum absolute atomic E-state index is 12.1. The summed E-state index contributed by atoms with van der Waals surface area (Å²) in [5.41, 5.74) is 8.05. The average Bonchev–Trinajstić information content (AvgIpc) is 2.88. The van der Waals surface area contributed by atoms with E-state index in [4.69, 9.17) is 5.73 Å². The van der Waals surface area contributed by atoms with E-state index in [1.54, 1.807) is 16.9 Å². The number of nitrogens with zero attached hydrogens (tertiary/aromatic N) is 2. The van der Waals surface area contributed by atoms with Gasteiger partial charge in [0, 0.05) is 18.4 Å². The lowest BCUT2D eigenvalue weighted by atomic mass is 10.1. The molecule has 1 heterocycles. The van der Waals surface area contributed by atoms with Gasteiger partial charge in [0.15, 0.2) is 5.69 Å². The molecule has 0 aliphatic heterocycles. The van der Waals surface area contributed by atoms with Gasteiger partial charge in [-0.15, -0.1) is 0 Å². The first-order valence-electron chi connectivity index (χ1n) is 7.15. The summed E-state index contributed by atoms with van der Waals surface area (Å²) >= 11 is 0. The molecule has 3 N–H and O–H groups in total. The molecule has 1 aromatic heterocycles. The van der Waals surface area contributed by atoms with Crippen molar-refractivity contribution in [2.45, 2.75) is 20.3 Å². The molecular weight excluding hydrogens is 264 g/mol. The van der Waals surface area contributed by atoms with Crippen LogP contribution in [0.4, 0.5) is 5.69 Å². The quantitative estimate of drug-likeness (QED) is 0.846. The fourth-order valence-corrected chi connectivity index (χ4v) is 2.45. The zero-order chi connectivity index (χ0) is 15.0. The van der Waals surface area contributed by atoms with Gasteiger partial charge in [-0.1, -0.05) is 13.8 Å². The van der Waals surface area contributed by atoms with E-state index >= 15 is 0 Å². The third kappa shape index (κ3) is 2.91. The Balaban J connectivity index is 1.64. The lowest BCUT2D eigenvalue weighted by Crippen LogP contribution is -2.27. The number of anilines is 1. The minimum absolute atomic E-state index is 0.119. The van der Waals surface area contributed by atoms with Gasteiger partial charge in [-0.2, -0.15) is 5.10 Å². The predicted molar refractivity (Wildman–Crippen MR) is 82.2 cm³/mol. The van der Waals surface area contributed by atoms with Crippen LogP contribution in [0.25, 0.3) is 5.69 Å². The summed E-state index contributed by atoms with van der Waals surface area (Å²) in [6.07, 6.45) is 2.95. The summed E-state index contributed by atoms with van der Waals surface area (Å²) in [6.45, 7) is 5.17. The Hall–Kier alpha value is -2.30. The summed E-state index contributed by atoms with van der Waals surface area (Å²) in [4.78, 5) is 12.1. The van der Waals surface area contributed by atoms with Crippen LogP contribution in [-0.4, -0.2) is 22.2 Å². The Morgan fingerprint density at radius 1 is 1.38 bits per heavy atom. The van der Waals surface area contributed by atoms with Gasteiger partial charge in [0.25, 0.3) is 5.91 Å². The zero-order valence-corrected chi connectivity index (χ0v) is 12.3. The molecule has 1 aliphatic rings. The fraction of sp³-hybridized carbons (Fsp3) is 0.375. The maximum atomic E-state index is 12.1. The van der Waals surface area contributed by atoms with Crippen LogP contribution < -0.4 is 11.1 Å². The maximum Gasteiger partial charge on any atom is 0.271 e. The normalized spacial score (nSPS) is 19.2. The molecule has 5 nitrogen and oxygen atoms in total. The third-order valence-electron chi connectivity index (χ3n) is 4.21. The average molecular weight is 284 g/mol. The minimum atomic E-state index is -0.119. The summed E-state index contributed by atoms with van der Waals surface area (Å²) in [5, 5.41) is 7.26. The SMILES string of the molecule is CC1(C)CC1CNC(=O)c1ccn(-c2ccc(N)cc2)n1. The zero-order valence-electron chi connectivity index (χ0n) is 12.3. The van der Waals surface area contributed by atoms with E-state index < -0.39 is 0 Å². The van der Waals surface area contributed by atoms with Gasteiger partial charge < -0.3 is 11.1 Å². The monoisotopic (exact) mass is 284 g/mol. The summed E-state index contributed by atoms with van der Waals surface area (Å²) in [7, 11) is 0. The Kier molecular flexibility index (Phi) is 3.20.